The first kappa shape index (κ1) is 17.1. The van der Waals surface area contributed by atoms with E-state index < -0.39 is 12.1 Å². The van der Waals surface area contributed by atoms with Gasteiger partial charge in [0.05, 0.1) is 6.04 Å². The SMILES string of the molecule is C[C@H](C(=O)c1ccc2c(c1)OCO2)N(C)C(=O)OCCN(C)C. The first-order valence-corrected chi connectivity index (χ1v) is 7.38. The van der Waals surface area contributed by atoms with Crippen molar-refractivity contribution in [1.82, 2.24) is 9.80 Å². The molecule has 0 bridgehead atoms. The molecule has 7 nitrogen and oxygen atoms in total. The predicted molar refractivity (Wildman–Crippen MR) is 84.0 cm³/mol. The van der Waals surface area contributed by atoms with Crippen molar-refractivity contribution in [2.75, 3.05) is 41.1 Å². The van der Waals surface area contributed by atoms with Crippen LogP contribution in [0.25, 0.3) is 0 Å². The third-order valence-electron chi connectivity index (χ3n) is 3.67. The van der Waals surface area contributed by atoms with Gasteiger partial charge in [0.15, 0.2) is 17.3 Å². The van der Waals surface area contributed by atoms with Gasteiger partial charge in [-0.1, -0.05) is 0 Å². The number of benzene rings is 1. The molecule has 0 aliphatic carbocycles. The largest absolute Gasteiger partial charge is 0.454 e. The monoisotopic (exact) mass is 322 g/mol. The Morgan fingerprint density at radius 3 is 2.61 bits per heavy atom. The van der Waals surface area contributed by atoms with Gasteiger partial charge >= 0.3 is 6.09 Å². The average Bonchev–Trinajstić information content (AvgIpc) is 2.99. The Kier molecular flexibility index (Phi) is 5.44. The van der Waals surface area contributed by atoms with Gasteiger partial charge in [-0.25, -0.2) is 4.79 Å². The highest BCUT2D eigenvalue weighted by Crippen LogP contribution is 2.32. The van der Waals surface area contributed by atoms with Crippen LogP contribution in [0.3, 0.4) is 0 Å². The Hall–Kier alpha value is -2.28. The van der Waals surface area contributed by atoms with Crippen molar-refractivity contribution in [2.45, 2.75) is 13.0 Å². The number of ether oxygens (including phenoxy) is 3. The molecule has 1 aromatic carbocycles. The molecule has 1 aliphatic rings. The van der Waals surface area contributed by atoms with Crippen LogP contribution in [0.5, 0.6) is 11.5 Å². The van der Waals surface area contributed by atoms with Crippen molar-refractivity contribution in [3.63, 3.8) is 0 Å². The summed E-state index contributed by atoms with van der Waals surface area (Å²) in [5.74, 6) is 0.972. The summed E-state index contributed by atoms with van der Waals surface area (Å²) >= 11 is 0. The minimum atomic E-state index is -0.637. The lowest BCUT2D eigenvalue weighted by atomic mass is 10.0. The number of Topliss-reactive ketones (excluding diaryl/α,β-unsaturated/α-hetero) is 1. The van der Waals surface area contributed by atoms with Crippen molar-refractivity contribution in [3.8, 4) is 11.5 Å². The Balaban J connectivity index is 1.97. The lowest BCUT2D eigenvalue weighted by Crippen LogP contribution is -2.41. The van der Waals surface area contributed by atoms with Crippen LogP contribution in [0.2, 0.25) is 0 Å². The number of fused-ring (bicyclic) bond motifs is 1. The highest BCUT2D eigenvalue weighted by Gasteiger charge is 2.26. The average molecular weight is 322 g/mol. The summed E-state index contributed by atoms with van der Waals surface area (Å²) in [6, 6.07) is 4.35. The molecule has 0 fully saturated rings. The molecule has 1 aromatic rings. The van der Waals surface area contributed by atoms with Crippen molar-refractivity contribution >= 4 is 11.9 Å². The minimum Gasteiger partial charge on any atom is -0.454 e. The first-order valence-electron chi connectivity index (χ1n) is 7.38. The third kappa shape index (κ3) is 4.13. The molecule has 0 unspecified atom stereocenters. The predicted octanol–water partition coefficient (Wildman–Crippen LogP) is 1.62. The molecule has 0 radical (unpaired) electrons. The summed E-state index contributed by atoms with van der Waals surface area (Å²) in [6.45, 7) is 2.73. The molecule has 1 atom stereocenters. The molecular formula is C16H22N2O5. The van der Waals surface area contributed by atoms with Crippen molar-refractivity contribution in [3.05, 3.63) is 23.8 Å². The summed E-state index contributed by atoms with van der Waals surface area (Å²) in [4.78, 5) is 27.7. The third-order valence-corrected chi connectivity index (χ3v) is 3.67. The van der Waals surface area contributed by atoms with E-state index in [1.165, 1.54) is 4.90 Å². The zero-order valence-corrected chi connectivity index (χ0v) is 13.9. The number of likely N-dealkylation sites (N-methyl/N-ethyl adjacent to an activating group) is 2. The van der Waals surface area contributed by atoms with Gasteiger partial charge in [0.25, 0.3) is 0 Å². The van der Waals surface area contributed by atoms with Crippen LogP contribution < -0.4 is 9.47 Å². The fourth-order valence-corrected chi connectivity index (χ4v) is 2.04. The fourth-order valence-electron chi connectivity index (χ4n) is 2.04. The van der Waals surface area contributed by atoms with Crippen LogP contribution in [0.15, 0.2) is 18.2 Å². The molecule has 0 spiro atoms. The Labute approximate surface area is 135 Å². The molecule has 2 rings (SSSR count). The Bertz CT molecular complexity index is 588. The quantitative estimate of drug-likeness (QED) is 0.741. The van der Waals surface area contributed by atoms with Gasteiger partial charge in [0, 0.05) is 19.2 Å². The van der Waals surface area contributed by atoms with Gasteiger partial charge in [-0.15, -0.1) is 0 Å². The fraction of sp³-hybridized carbons (Fsp3) is 0.500. The van der Waals surface area contributed by atoms with E-state index in [0.717, 1.165) is 0 Å². The lowest BCUT2D eigenvalue weighted by molar-refractivity contribution is 0.0743. The molecule has 126 valence electrons. The summed E-state index contributed by atoms with van der Waals surface area (Å²) in [5.41, 5.74) is 0.467. The van der Waals surface area contributed by atoms with Gasteiger partial charge in [-0.2, -0.15) is 0 Å². The van der Waals surface area contributed by atoms with Crippen LogP contribution in [-0.2, 0) is 4.74 Å². The molecule has 23 heavy (non-hydrogen) atoms. The second kappa shape index (κ2) is 7.32. The maximum Gasteiger partial charge on any atom is 0.410 e. The molecule has 1 heterocycles. The molecule has 7 heteroatoms. The number of nitrogens with zero attached hydrogens (tertiary/aromatic N) is 2. The highest BCUT2D eigenvalue weighted by molar-refractivity contribution is 6.01. The normalized spacial score (nSPS) is 13.8. The van der Waals surface area contributed by atoms with E-state index in [0.29, 0.717) is 23.6 Å². The number of ketones is 1. The second-order valence-electron chi connectivity index (χ2n) is 5.64. The summed E-state index contributed by atoms with van der Waals surface area (Å²) < 4.78 is 15.6. The molecular weight excluding hydrogens is 300 g/mol. The molecule has 1 amide bonds. The van der Waals surface area contributed by atoms with E-state index >= 15 is 0 Å². The number of carbonyl (C=O) groups is 2. The molecule has 0 N–H and O–H groups in total. The standard InChI is InChI=1S/C16H22N2O5/c1-11(18(4)16(20)21-8-7-17(2)3)15(19)12-5-6-13-14(9-12)23-10-22-13/h5-6,9,11H,7-8,10H2,1-4H3/t11-/m1/s1. The van der Waals surface area contributed by atoms with Crippen LogP contribution in [0, 0.1) is 0 Å². The lowest BCUT2D eigenvalue weighted by Gasteiger charge is -2.23. The van der Waals surface area contributed by atoms with Gasteiger partial charge < -0.3 is 24.0 Å². The van der Waals surface area contributed by atoms with Gasteiger partial charge in [0.2, 0.25) is 6.79 Å². The molecule has 0 aromatic heterocycles. The van der Waals surface area contributed by atoms with E-state index in [2.05, 4.69) is 0 Å². The maximum absolute atomic E-state index is 12.5. The number of hydrogen-bond donors (Lipinski definition) is 0. The summed E-state index contributed by atoms with van der Waals surface area (Å²) in [6.07, 6.45) is -0.520. The number of hydrogen-bond acceptors (Lipinski definition) is 6. The van der Waals surface area contributed by atoms with E-state index in [-0.39, 0.29) is 19.2 Å². The zero-order valence-electron chi connectivity index (χ0n) is 13.9. The van der Waals surface area contributed by atoms with Crippen LogP contribution in [0.4, 0.5) is 4.79 Å². The van der Waals surface area contributed by atoms with Crippen LogP contribution >= 0.6 is 0 Å². The molecule has 0 saturated carbocycles. The Morgan fingerprint density at radius 2 is 1.91 bits per heavy atom. The highest BCUT2D eigenvalue weighted by atomic mass is 16.7. The Morgan fingerprint density at radius 1 is 1.22 bits per heavy atom. The number of carbonyl (C=O) groups excluding carboxylic acids is 2. The van der Waals surface area contributed by atoms with Gasteiger partial charge in [-0.3, -0.25) is 4.79 Å². The van der Waals surface area contributed by atoms with E-state index in [9.17, 15) is 9.59 Å². The topological polar surface area (TPSA) is 68.3 Å². The summed E-state index contributed by atoms with van der Waals surface area (Å²) in [5, 5.41) is 0. The van der Waals surface area contributed by atoms with Gasteiger partial charge in [-0.05, 0) is 39.2 Å². The minimum absolute atomic E-state index is 0.153. The van der Waals surface area contributed by atoms with Crippen molar-refractivity contribution in [2.24, 2.45) is 0 Å². The smallest absolute Gasteiger partial charge is 0.410 e. The zero-order chi connectivity index (χ0) is 17.0. The molecule has 1 aliphatic heterocycles. The van der Waals surface area contributed by atoms with E-state index in [1.54, 1.807) is 32.2 Å². The number of rotatable bonds is 6. The maximum atomic E-state index is 12.5. The second-order valence-corrected chi connectivity index (χ2v) is 5.64. The van der Waals surface area contributed by atoms with Crippen molar-refractivity contribution in [1.29, 1.82) is 0 Å². The van der Waals surface area contributed by atoms with Gasteiger partial charge in [0.1, 0.15) is 6.61 Å². The first-order chi connectivity index (χ1) is 10.9. The summed E-state index contributed by atoms with van der Waals surface area (Å²) in [7, 11) is 5.33. The molecule has 0 saturated heterocycles. The number of amides is 1. The van der Waals surface area contributed by atoms with Crippen LogP contribution in [-0.4, -0.2) is 68.8 Å². The van der Waals surface area contributed by atoms with E-state index in [4.69, 9.17) is 14.2 Å². The van der Waals surface area contributed by atoms with Crippen LogP contribution in [0.1, 0.15) is 17.3 Å². The van der Waals surface area contributed by atoms with Crippen molar-refractivity contribution < 1.29 is 23.8 Å². The van der Waals surface area contributed by atoms with E-state index in [1.807, 2.05) is 19.0 Å².